The number of hydrogen-bond donors (Lipinski definition) is 1. The maximum absolute atomic E-state index is 10.6. The van der Waals surface area contributed by atoms with E-state index < -0.39 is 6.09 Å². The quantitative estimate of drug-likeness (QED) is 0.646. The molecule has 1 amide bonds. The third-order valence-electron chi connectivity index (χ3n) is 1.56. The minimum absolute atomic E-state index is 0.0564. The van der Waals surface area contributed by atoms with Gasteiger partial charge in [-0.05, 0) is 6.92 Å². The molecule has 1 aliphatic rings. The zero-order valence-electron chi connectivity index (χ0n) is 7.20. The lowest BCUT2D eigenvalue weighted by Crippen LogP contribution is -2.33. The number of carbonyl (C=O) groups excluding carboxylic acids is 1. The Bertz CT molecular complexity index is 161. The molecule has 1 fully saturated rings. The average Bonchev–Trinajstić information content (AvgIpc) is 2.47. The summed E-state index contributed by atoms with van der Waals surface area (Å²) in [4.78, 5) is 10.6. The number of rotatable bonds is 2. The third kappa shape index (κ3) is 2.67. The van der Waals surface area contributed by atoms with E-state index in [2.05, 4.69) is 10.1 Å². The SMILES string of the molecule is COC(=O)NCC1COC(C)O1. The van der Waals surface area contributed by atoms with Crippen LogP contribution in [0, 0.1) is 0 Å². The van der Waals surface area contributed by atoms with Crippen LogP contribution in [0.15, 0.2) is 0 Å². The Kier molecular flexibility index (Phi) is 3.31. The van der Waals surface area contributed by atoms with Crippen molar-refractivity contribution in [2.75, 3.05) is 20.3 Å². The molecule has 1 rings (SSSR count). The molecule has 0 bridgehead atoms. The second-order valence-corrected chi connectivity index (χ2v) is 2.53. The standard InChI is InChI=1S/C7H13NO4/c1-5-11-4-6(12-5)3-8-7(9)10-2/h5-6H,3-4H2,1-2H3,(H,8,9). The van der Waals surface area contributed by atoms with Gasteiger partial charge < -0.3 is 19.5 Å². The minimum atomic E-state index is -0.446. The second-order valence-electron chi connectivity index (χ2n) is 2.53. The van der Waals surface area contributed by atoms with Crippen LogP contribution in [0.5, 0.6) is 0 Å². The average molecular weight is 175 g/mol. The summed E-state index contributed by atoms with van der Waals surface area (Å²) in [6.45, 7) is 2.76. The van der Waals surface area contributed by atoms with Crippen molar-refractivity contribution in [1.82, 2.24) is 5.32 Å². The van der Waals surface area contributed by atoms with Gasteiger partial charge in [0.05, 0.1) is 13.7 Å². The Morgan fingerprint density at radius 2 is 2.50 bits per heavy atom. The molecule has 70 valence electrons. The summed E-state index contributed by atoms with van der Waals surface area (Å²) >= 11 is 0. The lowest BCUT2D eigenvalue weighted by molar-refractivity contribution is -0.0414. The first-order valence-electron chi connectivity index (χ1n) is 3.81. The van der Waals surface area contributed by atoms with Crippen LogP contribution in [0.2, 0.25) is 0 Å². The Hall–Kier alpha value is -0.810. The Morgan fingerprint density at radius 3 is 3.00 bits per heavy atom. The first-order valence-corrected chi connectivity index (χ1v) is 3.81. The summed E-state index contributed by atoms with van der Waals surface area (Å²) in [6, 6.07) is 0. The number of ether oxygens (including phenoxy) is 3. The summed E-state index contributed by atoms with van der Waals surface area (Å²) in [5, 5.41) is 2.53. The van der Waals surface area contributed by atoms with Crippen molar-refractivity contribution < 1.29 is 19.0 Å². The van der Waals surface area contributed by atoms with E-state index in [9.17, 15) is 4.79 Å². The van der Waals surface area contributed by atoms with E-state index in [1.54, 1.807) is 0 Å². The van der Waals surface area contributed by atoms with Gasteiger partial charge in [0.15, 0.2) is 6.29 Å². The van der Waals surface area contributed by atoms with Gasteiger partial charge in [-0.1, -0.05) is 0 Å². The van der Waals surface area contributed by atoms with Crippen LogP contribution in [0.4, 0.5) is 4.79 Å². The van der Waals surface area contributed by atoms with Gasteiger partial charge in [-0.3, -0.25) is 0 Å². The van der Waals surface area contributed by atoms with E-state index in [0.717, 1.165) is 0 Å². The lowest BCUT2D eigenvalue weighted by Gasteiger charge is -2.08. The van der Waals surface area contributed by atoms with Crippen LogP contribution >= 0.6 is 0 Å². The van der Waals surface area contributed by atoms with Crippen molar-refractivity contribution in [3.63, 3.8) is 0 Å². The van der Waals surface area contributed by atoms with Crippen LogP contribution in [-0.4, -0.2) is 38.7 Å². The maximum Gasteiger partial charge on any atom is 0.406 e. The van der Waals surface area contributed by atoms with E-state index in [-0.39, 0.29) is 12.4 Å². The summed E-state index contributed by atoms with van der Waals surface area (Å²) in [5.74, 6) is 0. The summed E-state index contributed by atoms with van der Waals surface area (Å²) in [6.07, 6.45) is -0.674. The molecule has 1 aliphatic heterocycles. The number of amides is 1. The molecular weight excluding hydrogens is 162 g/mol. The van der Waals surface area contributed by atoms with Gasteiger partial charge in [0, 0.05) is 6.54 Å². The van der Waals surface area contributed by atoms with Crippen molar-refractivity contribution in [2.24, 2.45) is 0 Å². The molecule has 0 aromatic heterocycles. The van der Waals surface area contributed by atoms with Crippen molar-refractivity contribution in [3.05, 3.63) is 0 Å². The van der Waals surface area contributed by atoms with Gasteiger partial charge in [0.25, 0.3) is 0 Å². The molecule has 5 heteroatoms. The molecule has 1 heterocycles. The first-order chi connectivity index (χ1) is 5.72. The Morgan fingerprint density at radius 1 is 1.75 bits per heavy atom. The molecule has 0 aromatic rings. The Balaban J connectivity index is 2.11. The smallest absolute Gasteiger partial charge is 0.406 e. The maximum atomic E-state index is 10.6. The van der Waals surface area contributed by atoms with Crippen molar-refractivity contribution in [1.29, 1.82) is 0 Å². The van der Waals surface area contributed by atoms with E-state index in [0.29, 0.717) is 13.2 Å². The molecule has 2 unspecified atom stereocenters. The highest BCUT2D eigenvalue weighted by Gasteiger charge is 2.22. The molecular formula is C7H13NO4. The largest absolute Gasteiger partial charge is 0.453 e. The molecule has 5 nitrogen and oxygen atoms in total. The van der Waals surface area contributed by atoms with Crippen LogP contribution in [0.1, 0.15) is 6.92 Å². The highest BCUT2D eigenvalue weighted by molar-refractivity contribution is 5.66. The van der Waals surface area contributed by atoms with E-state index in [1.807, 2.05) is 6.92 Å². The van der Waals surface area contributed by atoms with Crippen LogP contribution in [0.3, 0.4) is 0 Å². The molecule has 0 aromatic carbocycles. The van der Waals surface area contributed by atoms with Crippen LogP contribution in [-0.2, 0) is 14.2 Å². The number of hydrogen-bond acceptors (Lipinski definition) is 4. The predicted molar refractivity (Wildman–Crippen MR) is 40.7 cm³/mol. The number of methoxy groups -OCH3 is 1. The number of nitrogens with one attached hydrogen (secondary N) is 1. The van der Waals surface area contributed by atoms with Gasteiger partial charge >= 0.3 is 6.09 Å². The van der Waals surface area contributed by atoms with Gasteiger partial charge in [-0.25, -0.2) is 4.79 Å². The second kappa shape index (κ2) is 4.27. The van der Waals surface area contributed by atoms with Crippen LogP contribution in [0.25, 0.3) is 0 Å². The Labute approximate surface area is 71.0 Å². The normalized spacial score (nSPS) is 28.5. The summed E-state index contributed by atoms with van der Waals surface area (Å²) < 4.78 is 14.8. The fourth-order valence-corrected chi connectivity index (χ4v) is 0.969. The summed E-state index contributed by atoms with van der Waals surface area (Å²) in [5.41, 5.74) is 0. The molecule has 2 atom stereocenters. The monoisotopic (exact) mass is 175 g/mol. The van der Waals surface area contributed by atoms with Crippen molar-refractivity contribution >= 4 is 6.09 Å². The van der Waals surface area contributed by atoms with Gasteiger partial charge in [-0.15, -0.1) is 0 Å². The summed E-state index contributed by atoms with van der Waals surface area (Å²) in [7, 11) is 1.32. The van der Waals surface area contributed by atoms with E-state index >= 15 is 0 Å². The van der Waals surface area contributed by atoms with Gasteiger partial charge in [-0.2, -0.15) is 0 Å². The molecule has 1 N–H and O–H groups in total. The molecule has 0 saturated carbocycles. The molecule has 1 saturated heterocycles. The first kappa shape index (κ1) is 9.28. The fraction of sp³-hybridized carbons (Fsp3) is 0.857. The highest BCUT2D eigenvalue weighted by Crippen LogP contribution is 2.09. The van der Waals surface area contributed by atoms with Crippen LogP contribution < -0.4 is 5.32 Å². The number of carbonyl (C=O) groups is 1. The fourth-order valence-electron chi connectivity index (χ4n) is 0.969. The predicted octanol–water partition coefficient (Wildman–Crippen LogP) is 0.104. The highest BCUT2D eigenvalue weighted by atomic mass is 16.7. The van der Waals surface area contributed by atoms with Gasteiger partial charge in [0.2, 0.25) is 0 Å². The minimum Gasteiger partial charge on any atom is -0.453 e. The molecule has 0 radical (unpaired) electrons. The zero-order valence-corrected chi connectivity index (χ0v) is 7.20. The van der Waals surface area contributed by atoms with E-state index in [4.69, 9.17) is 9.47 Å². The zero-order chi connectivity index (χ0) is 8.97. The van der Waals surface area contributed by atoms with Crippen molar-refractivity contribution in [2.45, 2.75) is 19.3 Å². The number of alkyl carbamates (subject to hydrolysis) is 1. The topological polar surface area (TPSA) is 56.8 Å². The third-order valence-corrected chi connectivity index (χ3v) is 1.56. The van der Waals surface area contributed by atoms with E-state index in [1.165, 1.54) is 7.11 Å². The van der Waals surface area contributed by atoms with Crippen molar-refractivity contribution in [3.8, 4) is 0 Å². The molecule has 12 heavy (non-hydrogen) atoms. The molecule has 0 spiro atoms. The van der Waals surface area contributed by atoms with Gasteiger partial charge in [0.1, 0.15) is 6.10 Å². The molecule has 0 aliphatic carbocycles. The lowest BCUT2D eigenvalue weighted by atomic mass is 10.4.